The highest BCUT2D eigenvalue weighted by Crippen LogP contribution is 2.63. The number of Topliss-reactive ketones (excluding diaryl/α,β-unsaturated/α-hetero) is 1. The van der Waals surface area contributed by atoms with Gasteiger partial charge in [0.15, 0.2) is 5.78 Å². The van der Waals surface area contributed by atoms with Gasteiger partial charge >= 0.3 is 0 Å². The fourth-order valence-electron chi connectivity index (χ4n) is 3.02. The van der Waals surface area contributed by atoms with E-state index in [2.05, 4.69) is 13.8 Å². The number of aliphatic hydroxyl groups is 1. The van der Waals surface area contributed by atoms with E-state index >= 15 is 0 Å². The van der Waals surface area contributed by atoms with Crippen LogP contribution in [0.25, 0.3) is 0 Å². The van der Waals surface area contributed by atoms with E-state index < -0.39 is 6.10 Å². The van der Waals surface area contributed by atoms with Crippen molar-refractivity contribution >= 4 is 5.78 Å². The Bertz CT molecular complexity index is 244. The van der Waals surface area contributed by atoms with Gasteiger partial charge in [-0.2, -0.15) is 0 Å². The Kier molecular flexibility index (Phi) is 1.32. The predicted octanol–water partition coefficient (Wildman–Crippen LogP) is 1.37. The van der Waals surface area contributed by atoms with Gasteiger partial charge in [-0.1, -0.05) is 20.8 Å². The SMILES string of the molecule is CC1(C)[C@H]2CC[C@]1(C)[C@@H](O)C2=O. The largest absolute Gasteiger partial charge is 0.385 e. The van der Waals surface area contributed by atoms with Gasteiger partial charge in [0, 0.05) is 11.3 Å². The van der Waals surface area contributed by atoms with Gasteiger partial charge < -0.3 is 5.11 Å². The maximum atomic E-state index is 11.5. The molecule has 0 amide bonds. The van der Waals surface area contributed by atoms with Crippen LogP contribution >= 0.6 is 0 Å². The number of fused-ring (bicyclic) bond motifs is 2. The second kappa shape index (κ2) is 1.92. The van der Waals surface area contributed by atoms with Crippen molar-refractivity contribution < 1.29 is 9.90 Å². The summed E-state index contributed by atoms with van der Waals surface area (Å²) in [6.07, 6.45) is 1.27. The number of aliphatic hydroxyl groups excluding tert-OH is 1. The Hall–Kier alpha value is -0.370. The molecule has 2 heteroatoms. The third-order valence-corrected chi connectivity index (χ3v) is 4.51. The molecule has 0 heterocycles. The fourth-order valence-corrected chi connectivity index (χ4v) is 3.02. The molecule has 0 radical (unpaired) electrons. The first-order chi connectivity index (χ1) is 5.41. The van der Waals surface area contributed by atoms with Crippen molar-refractivity contribution in [2.75, 3.05) is 0 Å². The molecule has 0 saturated heterocycles. The van der Waals surface area contributed by atoms with Crippen molar-refractivity contribution in [3.05, 3.63) is 0 Å². The van der Waals surface area contributed by atoms with Crippen LogP contribution in [-0.2, 0) is 4.79 Å². The highest BCUT2D eigenvalue weighted by Gasteiger charge is 2.65. The maximum Gasteiger partial charge on any atom is 0.165 e. The van der Waals surface area contributed by atoms with Crippen molar-refractivity contribution in [2.24, 2.45) is 16.7 Å². The first-order valence-electron chi connectivity index (χ1n) is 4.63. The Morgan fingerprint density at radius 1 is 1.42 bits per heavy atom. The van der Waals surface area contributed by atoms with E-state index in [0.29, 0.717) is 0 Å². The number of hydrogen-bond donors (Lipinski definition) is 1. The molecule has 2 rings (SSSR count). The second-order valence-corrected chi connectivity index (χ2v) is 5.04. The van der Waals surface area contributed by atoms with Crippen molar-refractivity contribution in [2.45, 2.75) is 39.7 Å². The Morgan fingerprint density at radius 3 is 2.25 bits per heavy atom. The zero-order valence-electron chi connectivity index (χ0n) is 7.92. The molecule has 0 aromatic heterocycles. The first kappa shape index (κ1) is 8.24. The molecule has 2 fully saturated rings. The lowest BCUT2D eigenvalue weighted by Gasteiger charge is -2.35. The van der Waals surface area contributed by atoms with Crippen LogP contribution in [0.4, 0.5) is 0 Å². The molecule has 2 bridgehead atoms. The summed E-state index contributed by atoms with van der Waals surface area (Å²) in [5.41, 5.74) is -0.155. The van der Waals surface area contributed by atoms with Gasteiger partial charge in [0.1, 0.15) is 6.10 Å². The van der Waals surface area contributed by atoms with Crippen LogP contribution in [0.3, 0.4) is 0 Å². The van der Waals surface area contributed by atoms with Gasteiger partial charge in [-0.25, -0.2) is 0 Å². The highest BCUT2D eigenvalue weighted by molar-refractivity contribution is 5.90. The van der Waals surface area contributed by atoms with Crippen LogP contribution in [0.5, 0.6) is 0 Å². The van der Waals surface area contributed by atoms with Crippen LogP contribution < -0.4 is 0 Å². The molecule has 1 N–H and O–H groups in total. The summed E-state index contributed by atoms with van der Waals surface area (Å²) in [5, 5.41) is 9.73. The van der Waals surface area contributed by atoms with Gasteiger partial charge in [0.05, 0.1) is 0 Å². The maximum absolute atomic E-state index is 11.5. The summed E-state index contributed by atoms with van der Waals surface area (Å²) in [6, 6.07) is 0. The van der Waals surface area contributed by atoms with Crippen molar-refractivity contribution in [1.82, 2.24) is 0 Å². The number of hydrogen-bond acceptors (Lipinski definition) is 2. The van der Waals surface area contributed by atoms with E-state index in [0.717, 1.165) is 12.8 Å². The lowest BCUT2D eigenvalue weighted by atomic mass is 9.70. The minimum Gasteiger partial charge on any atom is -0.385 e. The lowest BCUT2D eigenvalue weighted by molar-refractivity contribution is -0.132. The molecule has 2 aliphatic rings. The zero-order chi connectivity index (χ0) is 9.15. The third kappa shape index (κ3) is 0.598. The van der Waals surface area contributed by atoms with E-state index in [1.807, 2.05) is 6.92 Å². The summed E-state index contributed by atoms with van der Waals surface area (Å²) in [5.74, 6) is 0.186. The van der Waals surface area contributed by atoms with Crippen LogP contribution in [0.1, 0.15) is 33.6 Å². The van der Waals surface area contributed by atoms with Crippen LogP contribution in [0.2, 0.25) is 0 Å². The molecule has 0 unspecified atom stereocenters. The molecular formula is C10H16O2. The summed E-state index contributed by atoms with van der Waals surface area (Å²) in [4.78, 5) is 11.5. The van der Waals surface area contributed by atoms with Gasteiger partial charge in [0.2, 0.25) is 0 Å². The molecule has 12 heavy (non-hydrogen) atoms. The molecule has 3 atom stereocenters. The first-order valence-corrected chi connectivity index (χ1v) is 4.63. The summed E-state index contributed by atoms with van der Waals surface area (Å²) >= 11 is 0. The molecule has 0 aliphatic heterocycles. The quantitative estimate of drug-likeness (QED) is 0.593. The molecule has 0 aromatic carbocycles. The van der Waals surface area contributed by atoms with Gasteiger partial charge in [0.25, 0.3) is 0 Å². The fraction of sp³-hybridized carbons (Fsp3) is 0.900. The Morgan fingerprint density at radius 2 is 2.00 bits per heavy atom. The molecule has 68 valence electrons. The molecule has 2 saturated carbocycles. The van der Waals surface area contributed by atoms with Gasteiger partial charge in [-0.05, 0) is 18.3 Å². The second-order valence-electron chi connectivity index (χ2n) is 5.04. The van der Waals surface area contributed by atoms with Gasteiger partial charge in [-0.3, -0.25) is 4.79 Å². The topological polar surface area (TPSA) is 37.3 Å². The average molecular weight is 168 g/mol. The van der Waals surface area contributed by atoms with E-state index in [1.54, 1.807) is 0 Å². The number of carbonyl (C=O) groups excluding carboxylic acids is 1. The molecule has 2 aliphatic carbocycles. The molecule has 0 aromatic rings. The van der Waals surface area contributed by atoms with Gasteiger partial charge in [-0.15, -0.1) is 0 Å². The van der Waals surface area contributed by atoms with Crippen molar-refractivity contribution in [3.63, 3.8) is 0 Å². The average Bonchev–Trinajstić information content (AvgIpc) is 2.26. The van der Waals surface area contributed by atoms with Crippen LogP contribution in [-0.4, -0.2) is 17.0 Å². The standard InChI is InChI=1S/C10H16O2/c1-9(2)6-4-5-10(9,3)8(12)7(6)11/h6,8,12H,4-5H2,1-3H3/t6-,8-,10+/m0/s1. The lowest BCUT2D eigenvalue weighted by Crippen LogP contribution is -2.37. The third-order valence-electron chi connectivity index (χ3n) is 4.51. The monoisotopic (exact) mass is 168 g/mol. The minimum absolute atomic E-state index is 0.00347. The van der Waals surface area contributed by atoms with E-state index in [9.17, 15) is 9.90 Å². The Labute approximate surface area is 73.0 Å². The predicted molar refractivity (Wildman–Crippen MR) is 45.6 cm³/mol. The van der Waals surface area contributed by atoms with Crippen LogP contribution in [0, 0.1) is 16.7 Å². The number of rotatable bonds is 0. The van der Waals surface area contributed by atoms with Crippen molar-refractivity contribution in [3.8, 4) is 0 Å². The van der Waals surface area contributed by atoms with Crippen molar-refractivity contribution in [1.29, 1.82) is 0 Å². The summed E-state index contributed by atoms with van der Waals surface area (Å²) in [6.45, 7) is 6.26. The summed E-state index contributed by atoms with van der Waals surface area (Å²) < 4.78 is 0. The molecule has 0 spiro atoms. The van der Waals surface area contributed by atoms with E-state index in [4.69, 9.17) is 0 Å². The minimum atomic E-state index is -0.703. The molecular weight excluding hydrogens is 152 g/mol. The molecule has 2 nitrogen and oxygen atoms in total. The van der Waals surface area contributed by atoms with Crippen LogP contribution in [0.15, 0.2) is 0 Å². The number of ketones is 1. The van der Waals surface area contributed by atoms with E-state index in [1.165, 1.54) is 0 Å². The Balaban J connectivity index is 2.50. The highest BCUT2D eigenvalue weighted by atomic mass is 16.3. The normalized spacial score (nSPS) is 50.2. The summed E-state index contributed by atoms with van der Waals surface area (Å²) in [7, 11) is 0. The van der Waals surface area contributed by atoms with E-state index in [-0.39, 0.29) is 22.5 Å². The zero-order valence-corrected chi connectivity index (χ0v) is 7.92. The number of carbonyl (C=O) groups is 1. The smallest absolute Gasteiger partial charge is 0.165 e.